The van der Waals surface area contributed by atoms with Crippen LogP contribution in [0.2, 0.25) is 0 Å². The molecule has 6 nitrogen and oxygen atoms in total. The average Bonchev–Trinajstić information content (AvgIpc) is 2.84. The second-order valence-corrected chi connectivity index (χ2v) is 11.5. The number of sulfonamides is 1. The van der Waals surface area contributed by atoms with Crippen molar-refractivity contribution in [3.8, 4) is 5.75 Å². The van der Waals surface area contributed by atoms with Gasteiger partial charge in [0.25, 0.3) is 10.0 Å². The highest BCUT2D eigenvalue weighted by Crippen LogP contribution is 2.29. The Bertz CT molecular complexity index is 1240. The number of anilines is 1. The Labute approximate surface area is 215 Å². The predicted octanol–water partition coefficient (Wildman–Crippen LogP) is 5.46. The third-order valence-corrected chi connectivity index (χ3v) is 7.90. The first-order valence-corrected chi connectivity index (χ1v) is 13.6. The number of aryl methyl sites for hydroxylation is 1. The van der Waals surface area contributed by atoms with Gasteiger partial charge in [-0.1, -0.05) is 61.9 Å². The van der Waals surface area contributed by atoms with E-state index in [1.54, 1.807) is 24.3 Å². The van der Waals surface area contributed by atoms with Crippen LogP contribution in [-0.2, 0) is 20.2 Å². The van der Waals surface area contributed by atoms with E-state index < -0.39 is 10.0 Å². The number of hydrogen-bond acceptors (Lipinski definition) is 4. The summed E-state index contributed by atoms with van der Waals surface area (Å²) in [4.78, 5) is 13.2. The molecular formula is C29H36N2O4S. The van der Waals surface area contributed by atoms with Gasteiger partial charge in [-0.2, -0.15) is 0 Å². The number of nitrogens with zero attached hydrogens (tertiary/aromatic N) is 1. The molecule has 7 heteroatoms. The van der Waals surface area contributed by atoms with Gasteiger partial charge >= 0.3 is 0 Å². The quantitative estimate of drug-likeness (QED) is 0.373. The lowest BCUT2D eigenvalue weighted by molar-refractivity contribution is -0.120. The summed E-state index contributed by atoms with van der Waals surface area (Å²) in [6.45, 7) is 10.2. The van der Waals surface area contributed by atoms with Crippen LogP contribution in [0.5, 0.6) is 5.75 Å². The van der Waals surface area contributed by atoms with Gasteiger partial charge in [0, 0.05) is 6.04 Å². The summed E-state index contributed by atoms with van der Waals surface area (Å²) in [7, 11) is -3.99. The fourth-order valence-electron chi connectivity index (χ4n) is 4.30. The van der Waals surface area contributed by atoms with Gasteiger partial charge in [-0.05, 0) is 74.6 Å². The molecule has 3 aromatic carbocycles. The lowest BCUT2D eigenvalue weighted by Gasteiger charge is -2.30. The number of benzene rings is 3. The summed E-state index contributed by atoms with van der Waals surface area (Å²) in [6, 6.07) is 23.4. The van der Waals surface area contributed by atoms with E-state index in [0.717, 1.165) is 9.87 Å². The van der Waals surface area contributed by atoms with E-state index in [2.05, 4.69) is 31.3 Å². The maximum absolute atomic E-state index is 13.6. The van der Waals surface area contributed by atoms with E-state index in [9.17, 15) is 13.2 Å². The Hall–Kier alpha value is -3.32. The molecule has 0 aromatic heterocycles. The number of ether oxygens (including phenoxy) is 1. The molecule has 1 unspecified atom stereocenters. The lowest BCUT2D eigenvalue weighted by atomic mass is 9.79. The molecular weight excluding hydrogens is 472 g/mol. The smallest absolute Gasteiger partial charge is 0.264 e. The molecule has 36 heavy (non-hydrogen) atoms. The Morgan fingerprint density at radius 3 is 2.17 bits per heavy atom. The topological polar surface area (TPSA) is 75.7 Å². The van der Waals surface area contributed by atoms with E-state index in [4.69, 9.17) is 4.74 Å². The number of nitrogens with one attached hydrogen (secondary N) is 1. The minimum atomic E-state index is -3.99. The fourth-order valence-corrected chi connectivity index (χ4v) is 5.72. The van der Waals surface area contributed by atoms with Crippen LogP contribution >= 0.6 is 0 Å². The second-order valence-electron chi connectivity index (χ2n) is 9.67. The Balaban J connectivity index is 1.80. The Morgan fingerprint density at radius 2 is 1.58 bits per heavy atom. The first-order valence-electron chi connectivity index (χ1n) is 12.2. The van der Waals surface area contributed by atoms with Gasteiger partial charge in [-0.25, -0.2) is 8.42 Å². The number of carbonyl (C=O) groups excluding carboxylic acids is 1. The summed E-state index contributed by atoms with van der Waals surface area (Å²) in [5.41, 5.74) is 2.46. The highest BCUT2D eigenvalue weighted by molar-refractivity contribution is 7.92. The van der Waals surface area contributed by atoms with Crippen molar-refractivity contribution in [2.24, 2.45) is 0 Å². The van der Waals surface area contributed by atoms with Crippen LogP contribution in [0.4, 0.5) is 5.69 Å². The zero-order valence-electron chi connectivity index (χ0n) is 21.7. The molecule has 0 heterocycles. The van der Waals surface area contributed by atoms with Crippen LogP contribution in [-0.4, -0.2) is 33.5 Å². The number of hydrogen-bond donors (Lipinski definition) is 1. The fraction of sp³-hybridized carbons (Fsp3) is 0.345. The van der Waals surface area contributed by atoms with Crippen molar-refractivity contribution in [1.29, 1.82) is 0 Å². The third-order valence-electron chi connectivity index (χ3n) is 6.11. The highest BCUT2D eigenvalue weighted by atomic mass is 32.2. The monoisotopic (exact) mass is 508 g/mol. The molecule has 1 atom stereocenters. The first-order chi connectivity index (χ1) is 17.0. The van der Waals surface area contributed by atoms with Gasteiger partial charge in [0.1, 0.15) is 12.3 Å². The first kappa shape index (κ1) is 27.3. The maximum Gasteiger partial charge on any atom is 0.264 e. The van der Waals surface area contributed by atoms with Crippen LogP contribution in [0.3, 0.4) is 0 Å². The summed E-state index contributed by atoms with van der Waals surface area (Å²) >= 11 is 0. The maximum atomic E-state index is 13.6. The summed E-state index contributed by atoms with van der Waals surface area (Å²) in [5.74, 6) is 0.229. The molecule has 0 fully saturated rings. The normalized spacial score (nSPS) is 12.6. The molecule has 0 radical (unpaired) electrons. The predicted molar refractivity (Wildman–Crippen MR) is 145 cm³/mol. The van der Waals surface area contributed by atoms with Crippen LogP contribution in [0.15, 0.2) is 83.8 Å². The largest absolute Gasteiger partial charge is 0.494 e. The molecule has 192 valence electrons. The van der Waals surface area contributed by atoms with E-state index in [1.807, 2.05) is 51.1 Å². The molecule has 3 aromatic rings. The molecule has 0 bridgehead atoms. The SMILES string of the molecule is CCOc1ccc(S(=O)(=O)N(CC(=O)NC(C)CC(C)(C)c2ccccc2)c2ccc(C)cc2)cc1. The highest BCUT2D eigenvalue weighted by Gasteiger charge is 2.29. The summed E-state index contributed by atoms with van der Waals surface area (Å²) in [5, 5.41) is 3.00. The van der Waals surface area contributed by atoms with Gasteiger partial charge in [-0.15, -0.1) is 0 Å². The Morgan fingerprint density at radius 1 is 0.972 bits per heavy atom. The summed E-state index contributed by atoms with van der Waals surface area (Å²) in [6.07, 6.45) is 0.707. The zero-order chi connectivity index (χ0) is 26.3. The average molecular weight is 509 g/mol. The van der Waals surface area contributed by atoms with Gasteiger partial charge in [0.2, 0.25) is 5.91 Å². The zero-order valence-corrected chi connectivity index (χ0v) is 22.5. The molecule has 0 aliphatic carbocycles. The van der Waals surface area contributed by atoms with Crippen LogP contribution < -0.4 is 14.4 Å². The number of amides is 1. The van der Waals surface area contributed by atoms with E-state index >= 15 is 0 Å². The molecule has 0 saturated heterocycles. The van der Waals surface area contributed by atoms with Gasteiger partial charge < -0.3 is 10.1 Å². The van der Waals surface area contributed by atoms with Crippen molar-refractivity contribution in [1.82, 2.24) is 5.32 Å². The minimum Gasteiger partial charge on any atom is -0.494 e. The van der Waals surface area contributed by atoms with Crippen molar-refractivity contribution in [3.05, 3.63) is 90.0 Å². The summed E-state index contributed by atoms with van der Waals surface area (Å²) < 4.78 is 33.9. The van der Waals surface area contributed by atoms with E-state index in [-0.39, 0.29) is 28.8 Å². The second kappa shape index (κ2) is 11.6. The van der Waals surface area contributed by atoms with Gasteiger partial charge in [0.05, 0.1) is 17.2 Å². The number of rotatable bonds is 11. The molecule has 1 N–H and O–H groups in total. The molecule has 0 spiro atoms. The third kappa shape index (κ3) is 6.88. The van der Waals surface area contributed by atoms with Crippen molar-refractivity contribution in [3.63, 3.8) is 0 Å². The minimum absolute atomic E-state index is 0.0950. The van der Waals surface area contributed by atoms with Crippen molar-refractivity contribution >= 4 is 21.6 Å². The molecule has 0 aliphatic heterocycles. The standard InChI is InChI=1S/C29H36N2O4S/c1-6-35-26-16-18-27(19-17-26)36(33,34)31(25-14-12-22(2)13-15-25)21-28(32)30-23(3)20-29(4,5)24-10-8-7-9-11-24/h7-19,23H,6,20-21H2,1-5H3,(H,30,32). The Kier molecular flexibility index (Phi) is 8.79. The van der Waals surface area contributed by atoms with Gasteiger partial charge in [0.15, 0.2) is 0 Å². The van der Waals surface area contributed by atoms with Crippen molar-refractivity contribution in [2.45, 2.75) is 57.4 Å². The lowest BCUT2D eigenvalue weighted by Crippen LogP contribution is -2.45. The van der Waals surface area contributed by atoms with Crippen molar-refractivity contribution < 1.29 is 17.9 Å². The molecule has 3 rings (SSSR count). The van der Waals surface area contributed by atoms with E-state index in [1.165, 1.54) is 17.7 Å². The van der Waals surface area contributed by atoms with Crippen molar-refractivity contribution in [2.75, 3.05) is 17.5 Å². The molecule has 0 saturated carbocycles. The number of carbonyl (C=O) groups is 1. The van der Waals surface area contributed by atoms with Crippen LogP contribution in [0.1, 0.15) is 45.2 Å². The molecule has 1 amide bonds. The van der Waals surface area contributed by atoms with Crippen LogP contribution in [0.25, 0.3) is 0 Å². The van der Waals surface area contributed by atoms with Gasteiger partial charge in [-0.3, -0.25) is 9.10 Å². The van der Waals surface area contributed by atoms with E-state index in [0.29, 0.717) is 24.5 Å². The molecule has 0 aliphatic rings. The van der Waals surface area contributed by atoms with Crippen LogP contribution in [0, 0.1) is 6.92 Å².